The summed E-state index contributed by atoms with van der Waals surface area (Å²) in [5.41, 5.74) is 2.30. The highest BCUT2D eigenvalue weighted by Gasteiger charge is 2.41. The van der Waals surface area contributed by atoms with Gasteiger partial charge in [-0.2, -0.15) is 21.0 Å². The van der Waals surface area contributed by atoms with Gasteiger partial charge in [-0.25, -0.2) is 0 Å². The quantitative estimate of drug-likeness (QED) is 0.601. The minimum atomic E-state index is 0.186. The first-order valence-electron chi connectivity index (χ1n) is 5.83. The first-order valence-corrected chi connectivity index (χ1v) is 5.83. The van der Waals surface area contributed by atoms with Gasteiger partial charge >= 0.3 is 0 Å². The summed E-state index contributed by atoms with van der Waals surface area (Å²) in [6, 6.07) is 7.80. The van der Waals surface area contributed by atoms with Gasteiger partial charge in [0.15, 0.2) is 0 Å². The molecular formula is C14H10N4. The molecule has 2 fully saturated rings. The van der Waals surface area contributed by atoms with E-state index in [4.69, 9.17) is 21.0 Å². The summed E-state index contributed by atoms with van der Waals surface area (Å²) in [5.74, 6) is 0.372. The molecule has 2 atom stereocenters. The largest absolute Gasteiger partial charge is 0.192 e. The molecule has 0 saturated heterocycles. The van der Waals surface area contributed by atoms with Crippen LogP contribution < -0.4 is 0 Å². The zero-order valence-electron chi connectivity index (χ0n) is 9.77. The molecule has 0 spiro atoms. The fourth-order valence-corrected chi connectivity index (χ4v) is 3.19. The van der Waals surface area contributed by atoms with E-state index in [0.717, 1.165) is 36.8 Å². The number of hydrogen-bond acceptors (Lipinski definition) is 4. The Bertz CT molecular complexity index is 522. The van der Waals surface area contributed by atoms with E-state index in [1.165, 1.54) is 0 Å². The maximum Gasteiger partial charge on any atom is 0.129 e. The van der Waals surface area contributed by atoms with Crippen molar-refractivity contribution in [3.63, 3.8) is 0 Å². The SMILES string of the molecule is N#CC(C#N)=C1CC[C@H]2C(=C(C#N)C#N)CC[C@H]12. The monoisotopic (exact) mass is 234 g/mol. The molecule has 4 heteroatoms. The molecule has 0 amide bonds. The molecule has 0 aromatic rings. The Kier molecular flexibility index (Phi) is 3.14. The van der Waals surface area contributed by atoms with Crippen LogP contribution >= 0.6 is 0 Å². The number of rotatable bonds is 0. The number of nitriles is 4. The third-order valence-corrected chi connectivity index (χ3v) is 3.92. The van der Waals surface area contributed by atoms with Crippen molar-refractivity contribution in [3.05, 3.63) is 22.3 Å². The van der Waals surface area contributed by atoms with Crippen molar-refractivity contribution in [1.29, 1.82) is 21.0 Å². The number of fused-ring (bicyclic) bond motifs is 1. The van der Waals surface area contributed by atoms with Crippen LogP contribution in [0, 0.1) is 57.2 Å². The van der Waals surface area contributed by atoms with E-state index in [1.807, 2.05) is 24.3 Å². The first kappa shape index (κ1) is 11.9. The molecule has 86 valence electrons. The minimum absolute atomic E-state index is 0.186. The van der Waals surface area contributed by atoms with Gasteiger partial charge in [-0.05, 0) is 48.7 Å². The van der Waals surface area contributed by atoms with Crippen LogP contribution in [0.2, 0.25) is 0 Å². The normalized spacial score (nSPS) is 24.4. The average molecular weight is 234 g/mol. The molecule has 0 aromatic carbocycles. The Labute approximate surface area is 106 Å². The number of nitrogens with zero attached hydrogens (tertiary/aromatic N) is 4. The molecule has 2 saturated carbocycles. The molecule has 0 radical (unpaired) electrons. The summed E-state index contributed by atoms with van der Waals surface area (Å²) in [7, 11) is 0. The Morgan fingerprint density at radius 2 is 1.06 bits per heavy atom. The molecule has 0 N–H and O–H groups in total. The van der Waals surface area contributed by atoms with Crippen molar-refractivity contribution in [2.75, 3.05) is 0 Å². The Morgan fingerprint density at radius 1 is 0.722 bits per heavy atom. The van der Waals surface area contributed by atoms with E-state index in [9.17, 15) is 0 Å². The third kappa shape index (κ3) is 1.66. The lowest BCUT2D eigenvalue weighted by molar-refractivity contribution is 0.542. The Balaban J connectivity index is 2.42. The Morgan fingerprint density at radius 3 is 1.33 bits per heavy atom. The summed E-state index contributed by atoms with van der Waals surface area (Å²) in [6.45, 7) is 0. The van der Waals surface area contributed by atoms with Gasteiger partial charge in [-0.15, -0.1) is 0 Å². The molecule has 0 heterocycles. The van der Waals surface area contributed by atoms with Gasteiger partial charge in [0.2, 0.25) is 0 Å². The van der Waals surface area contributed by atoms with Crippen LogP contribution in [0.1, 0.15) is 25.7 Å². The van der Waals surface area contributed by atoms with E-state index >= 15 is 0 Å². The predicted octanol–water partition coefficient (Wildman–Crippen LogP) is 2.49. The van der Waals surface area contributed by atoms with Crippen molar-refractivity contribution < 1.29 is 0 Å². The molecule has 2 aliphatic rings. The van der Waals surface area contributed by atoms with Crippen LogP contribution in [0.25, 0.3) is 0 Å². The van der Waals surface area contributed by atoms with E-state index in [0.29, 0.717) is 0 Å². The van der Waals surface area contributed by atoms with Crippen LogP contribution in [0.4, 0.5) is 0 Å². The van der Waals surface area contributed by atoms with Gasteiger partial charge in [-0.3, -0.25) is 0 Å². The predicted molar refractivity (Wildman–Crippen MR) is 62.0 cm³/mol. The summed E-state index contributed by atoms with van der Waals surface area (Å²) < 4.78 is 0. The highest BCUT2D eigenvalue weighted by atomic mass is 14.5. The first-order chi connectivity index (χ1) is 8.76. The zero-order chi connectivity index (χ0) is 13.1. The van der Waals surface area contributed by atoms with Crippen LogP contribution in [-0.2, 0) is 0 Å². The van der Waals surface area contributed by atoms with Crippen molar-refractivity contribution in [2.45, 2.75) is 25.7 Å². The maximum atomic E-state index is 8.93. The summed E-state index contributed by atoms with van der Waals surface area (Å²) >= 11 is 0. The number of hydrogen-bond donors (Lipinski definition) is 0. The van der Waals surface area contributed by atoms with Gasteiger partial charge in [-0.1, -0.05) is 0 Å². The van der Waals surface area contributed by atoms with Gasteiger partial charge < -0.3 is 0 Å². The second-order valence-electron chi connectivity index (χ2n) is 4.54. The minimum Gasteiger partial charge on any atom is -0.192 e. The van der Waals surface area contributed by atoms with E-state index in [-0.39, 0.29) is 23.0 Å². The zero-order valence-corrected chi connectivity index (χ0v) is 9.77. The molecular weight excluding hydrogens is 224 g/mol. The van der Waals surface area contributed by atoms with Crippen LogP contribution in [-0.4, -0.2) is 0 Å². The van der Waals surface area contributed by atoms with Crippen molar-refractivity contribution in [3.8, 4) is 24.3 Å². The summed E-state index contributed by atoms with van der Waals surface area (Å²) in [4.78, 5) is 0. The fourth-order valence-electron chi connectivity index (χ4n) is 3.19. The molecule has 0 aliphatic heterocycles. The standard InChI is InChI=1S/C14H10N4/c15-5-9(6-16)11-1-3-13-12(2-4-14(11)13)10(7-17)8-18/h13-14H,1-4H2/t13-,14+. The Hall–Kier alpha value is -2.56. The topological polar surface area (TPSA) is 95.2 Å². The summed E-state index contributed by atoms with van der Waals surface area (Å²) in [5, 5.41) is 35.7. The average Bonchev–Trinajstić information content (AvgIpc) is 2.96. The van der Waals surface area contributed by atoms with Gasteiger partial charge in [0.1, 0.15) is 35.4 Å². The molecule has 0 aromatic heterocycles. The molecule has 0 unspecified atom stereocenters. The molecule has 18 heavy (non-hydrogen) atoms. The highest BCUT2D eigenvalue weighted by Crippen LogP contribution is 2.51. The van der Waals surface area contributed by atoms with Gasteiger partial charge in [0.25, 0.3) is 0 Å². The molecule has 2 aliphatic carbocycles. The van der Waals surface area contributed by atoms with E-state index in [2.05, 4.69) is 0 Å². The van der Waals surface area contributed by atoms with E-state index < -0.39 is 0 Å². The van der Waals surface area contributed by atoms with E-state index in [1.54, 1.807) is 0 Å². The van der Waals surface area contributed by atoms with Gasteiger partial charge in [0, 0.05) is 0 Å². The smallest absolute Gasteiger partial charge is 0.129 e. The fraction of sp³-hybridized carbons (Fsp3) is 0.429. The lowest BCUT2D eigenvalue weighted by atomic mass is 9.91. The highest BCUT2D eigenvalue weighted by molar-refractivity contribution is 5.48. The van der Waals surface area contributed by atoms with Gasteiger partial charge in [0.05, 0.1) is 0 Å². The van der Waals surface area contributed by atoms with Crippen LogP contribution in [0.3, 0.4) is 0 Å². The molecule has 2 rings (SSSR count). The second-order valence-corrected chi connectivity index (χ2v) is 4.54. The molecule has 4 nitrogen and oxygen atoms in total. The number of allylic oxidation sites excluding steroid dienone is 4. The summed E-state index contributed by atoms with van der Waals surface area (Å²) in [6.07, 6.45) is 3.16. The third-order valence-electron chi connectivity index (χ3n) is 3.92. The lowest BCUT2D eigenvalue weighted by Crippen LogP contribution is -2.04. The van der Waals surface area contributed by atoms with Crippen molar-refractivity contribution >= 4 is 0 Å². The van der Waals surface area contributed by atoms with Crippen molar-refractivity contribution in [1.82, 2.24) is 0 Å². The second kappa shape index (κ2) is 4.75. The van der Waals surface area contributed by atoms with Crippen LogP contribution in [0.5, 0.6) is 0 Å². The molecule has 0 bridgehead atoms. The maximum absolute atomic E-state index is 8.93. The van der Waals surface area contributed by atoms with Crippen LogP contribution in [0.15, 0.2) is 22.3 Å². The van der Waals surface area contributed by atoms with Crippen molar-refractivity contribution in [2.24, 2.45) is 11.8 Å². The lowest BCUT2D eigenvalue weighted by Gasteiger charge is -2.11.